The van der Waals surface area contributed by atoms with E-state index in [4.69, 9.17) is 9.47 Å². The Balaban J connectivity index is 1.79. The van der Waals surface area contributed by atoms with Crippen LogP contribution in [0.5, 0.6) is 5.75 Å². The van der Waals surface area contributed by atoms with Gasteiger partial charge in [-0.3, -0.25) is 4.79 Å². The van der Waals surface area contributed by atoms with Crippen LogP contribution in [0.3, 0.4) is 0 Å². The summed E-state index contributed by atoms with van der Waals surface area (Å²) in [5.41, 5.74) is 4.73. The maximum atomic E-state index is 13.6. The van der Waals surface area contributed by atoms with Gasteiger partial charge in [-0.05, 0) is 61.6 Å². The van der Waals surface area contributed by atoms with E-state index in [0.717, 1.165) is 32.7 Å². The molecule has 1 aliphatic heterocycles. The molecule has 1 aliphatic carbocycles. The summed E-state index contributed by atoms with van der Waals surface area (Å²) >= 11 is 3.53. The van der Waals surface area contributed by atoms with Crippen LogP contribution in [-0.4, -0.2) is 25.5 Å². The SMILES string of the molecule is CCOC(=O)C1=C(C)NC2=C(C(=O)C[C@H](c3cccc(OC)c3)C2)[C@@H]1c1cccc(Br)c1. The van der Waals surface area contributed by atoms with E-state index in [1.165, 1.54) is 0 Å². The molecule has 0 amide bonds. The number of dihydropyridines is 1. The van der Waals surface area contributed by atoms with Gasteiger partial charge in [0.05, 0.1) is 19.3 Å². The van der Waals surface area contributed by atoms with Crippen molar-refractivity contribution in [1.29, 1.82) is 0 Å². The van der Waals surface area contributed by atoms with Crippen LogP contribution in [0.15, 0.2) is 75.5 Å². The molecule has 2 aromatic rings. The average Bonchev–Trinajstić information content (AvgIpc) is 2.78. The van der Waals surface area contributed by atoms with Crippen molar-refractivity contribution in [1.82, 2.24) is 5.32 Å². The molecule has 0 fully saturated rings. The van der Waals surface area contributed by atoms with Crippen LogP contribution in [0.2, 0.25) is 0 Å². The molecule has 2 aliphatic rings. The standard InChI is InChI=1S/C26H26BrNO4/c1-4-32-26(30)23-15(2)28-21-13-18(16-7-6-10-20(12-16)31-3)14-22(29)25(21)24(23)17-8-5-9-19(27)11-17/h5-12,18,24,28H,4,13-14H2,1-3H3/t18-,24-/m1/s1. The predicted molar refractivity (Wildman–Crippen MR) is 126 cm³/mol. The molecule has 0 bridgehead atoms. The fourth-order valence-corrected chi connectivity index (χ4v) is 5.09. The van der Waals surface area contributed by atoms with E-state index in [2.05, 4.69) is 21.2 Å². The maximum absolute atomic E-state index is 13.6. The third-order valence-corrected chi connectivity index (χ3v) is 6.56. The zero-order chi connectivity index (χ0) is 22.8. The Kier molecular flexibility index (Phi) is 6.51. The van der Waals surface area contributed by atoms with Gasteiger partial charge in [0.1, 0.15) is 5.75 Å². The summed E-state index contributed by atoms with van der Waals surface area (Å²) < 4.78 is 11.6. The van der Waals surface area contributed by atoms with Crippen molar-refractivity contribution >= 4 is 27.7 Å². The van der Waals surface area contributed by atoms with Crippen LogP contribution in [0.25, 0.3) is 0 Å². The highest BCUT2D eigenvalue weighted by Gasteiger charge is 2.41. The van der Waals surface area contributed by atoms with Gasteiger partial charge in [-0.25, -0.2) is 4.79 Å². The first-order chi connectivity index (χ1) is 15.4. The number of ketones is 1. The topological polar surface area (TPSA) is 64.6 Å². The molecule has 0 unspecified atom stereocenters. The van der Waals surface area contributed by atoms with Crippen LogP contribution >= 0.6 is 15.9 Å². The lowest BCUT2D eigenvalue weighted by atomic mass is 9.71. The molecule has 2 aromatic carbocycles. The molecule has 4 rings (SSSR count). The molecule has 0 saturated carbocycles. The first-order valence-electron chi connectivity index (χ1n) is 10.7. The van der Waals surface area contributed by atoms with Gasteiger partial charge < -0.3 is 14.8 Å². The minimum atomic E-state index is -0.457. The maximum Gasteiger partial charge on any atom is 0.336 e. The Morgan fingerprint density at radius 2 is 1.88 bits per heavy atom. The minimum absolute atomic E-state index is 0.0453. The summed E-state index contributed by atoms with van der Waals surface area (Å²) in [5.74, 6) is 0.0205. The number of nitrogens with one attached hydrogen (secondary N) is 1. The smallest absolute Gasteiger partial charge is 0.336 e. The minimum Gasteiger partial charge on any atom is -0.497 e. The fraction of sp³-hybridized carbons (Fsp3) is 0.308. The number of halogens is 1. The molecule has 0 spiro atoms. The Morgan fingerprint density at radius 3 is 2.59 bits per heavy atom. The van der Waals surface area contributed by atoms with E-state index in [-0.39, 0.29) is 18.3 Å². The van der Waals surface area contributed by atoms with Gasteiger partial charge in [0, 0.05) is 33.8 Å². The molecule has 32 heavy (non-hydrogen) atoms. The lowest BCUT2D eigenvalue weighted by Gasteiger charge is -2.36. The number of benzene rings is 2. The van der Waals surface area contributed by atoms with Crippen LogP contribution < -0.4 is 10.1 Å². The van der Waals surface area contributed by atoms with Crippen LogP contribution in [0.1, 0.15) is 49.7 Å². The Labute approximate surface area is 196 Å². The van der Waals surface area contributed by atoms with Gasteiger partial charge in [0.15, 0.2) is 5.78 Å². The molecule has 6 heteroatoms. The highest BCUT2D eigenvalue weighted by molar-refractivity contribution is 9.10. The number of rotatable bonds is 5. The van der Waals surface area contributed by atoms with Gasteiger partial charge in [0.25, 0.3) is 0 Å². The average molecular weight is 496 g/mol. The molecular formula is C26H26BrNO4. The number of carbonyl (C=O) groups excluding carboxylic acids is 2. The zero-order valence-corrected chi connectivity index (χ0v) is 20.0. The fourth-order valence-electron chi connectivity index (χ4n) is 4.67. The molecule has 5 nitrogen and oxygen atoms in total. The largest absolute Gasteiger partial charge is 0.497 e. The van der Waals surface area contributed by atoms with E-state index in [0.29, 0.717) is 24.0 Å². The van der Waals surface area contributed by atoms with Crippen LogP contribution in [-0.2, 0) is 14.3 Å². The molecule has 166 valence electrons. The van der Waals surface area contributed by atoms with Gasteiger partial charge in [-0.2, -0.15) is 0 Å². The first kappa shape index (κ1) is 22.3. The number of esters is 1. The van der Waals surface area contributed by atoms with Gasteiger partial charge >= 0.3 is 5.97 Å². The summed E-state index contributed by atoms with van der Waals surface area (Å²) in [6, 6.07) is 15.7. The number of allylic oxidation sites excluding steroid dienone is 3. The third-order valence-electron chi connectivity index (χ3n) is 6.07. The second-order valence-electron chi connectivity index (χ2n) is 8.07. The van der Waals surface area contributed by atoms with E-state index in [1.54, 1.807) is 14.0 Å². The predicted octanol–water partition coefficient (Wildman–Crippen LogP) is 5.38. The Morgan fingerprint density at radius 1 is 1.12 bits per heavy atom. The Hall–Kier alpha value is -2.86. The quantitative estimate of drug-likeness (QED) is 0.563. The van der Waals surface area contributed by atoms with Gasteiger partial charge in [-0.1, -0.05) is 40.2 Å². The normalized spacial score (nSPS) is 20.6. The molecule has 0 radical (unpaired) electrons. The molecule has 0 aromatic heterocycles. The van der Waals surface area contributed by atoms with E-state index >= 15 is 0 Å². The molecular weight excluding hydrogens is 470 g/mol. The summed E-state index contributed by atoms with van der Waals surface area (Å²) in [6.45, 7) is 3.94. The lowest BCUT2D eigenvalue weighted by molar-refractivity contribution is -0.138. The number of carbonyl (C=O) groups is 2. The molecule has 2 atom stereocenters. The lowest BCUT2D eigenvalue weighted by Crippen LogP contribution is -2.36. The number of hydrogen-bond acceptors (Lipinski definition) is 5. The summed E-state index contributed by atoms with van der Waals surface area (Å²) in [5, 5.41) is 3.38. The highest BCUT2D eigenvalue weighted by Crippen LogP contribution is 2.46. The number of methoxy groups -OCH3 is 1. The van der Waals surface area contributed by atoms with E-state index in [1.807, 2.05) is 55.5 Å². The first-order valence-corrected chi connectivity index (χ1v) is 11.5. The van der Waals surface area contributed by atoms with Crippen molar-refractivity contribution in [2.24, 2.45) is 0 Å². The third kappa shape index (κ3) is 4.24. The summed E-state index contributed by atoms with van der Waals surface area (Å²) in [4.78, 5) is 26.5. The molecule has 1 heterocycles. The molecule has 1 N–H and O–H groups in total. The number of Topliss-reactive ketones (excluding diaryl/α,β-unsaturated/α-hetero) is 1. The van der Waals surface area contributed by atoms with Crippen molar-refractivity contribution in [3.63, 3.8) is 0 Å². The van der Waals surface area contributed by atoms with Gasteiger partial charge in [0.2, 0.25) is 0 Å². The van der Waals surface area contributed by atoms with E-state index < -0.39 is 11.9 Å². The second-order valence-corrected chi connectivity index (χ2v) is 8.99. The summed E-state index contributed by atoms with van der Waals surface area (Å²) in [6.07, 6.45) is 1.07. The zero-order valence-electron chi connectivity index (χ0n) is 18.4. The number of ether oxygens (including phenoxy) is 2. The highest BCUT2D eigenvalue weighted by atomic mass is 79.9. The molecule has 0 saturated heterocycles. The van der Waals surface area contributed by atoms with Crippen molar-refractivity contribution < 1.29 is 19.1 Å². The Bertz CT molecular complexity index is 1130. The van der Waals surface area contributed by atoms with Crippen molar-refractivity contribution in [3.8, 4) is 5.75 Å². The van der Waals surface area contributed by atoms with Crippen molar-refractivity contribution in [2.45, 2.75) is 38.5 Å². The summed E-state index contributed by atoms with van der Waals surface area (Å²) in [7, 11) is 1.64. The number of hydrogen-bond donors (Lipinski definition) is 1. The van der Waals surface area contributed by atoms with E-state index in [9.17, 15) is 9.59 Å². The second kappa shape index (κ2) is 9.33. The van der Waals surface area contributed by atoms with Crippen molar-refractivity contribution in [2.75, 3.05) is 13.7 Å². The van der Waals surface area contributed by atoms with Gasteiger partial charge in [-0.15, -0.1) is 0 Å². The van der Waals surface area contributed by atoms with Crippen molar-refractivity contribution in [3.05, 3.63) is 86.7 Å². The van der Waals surface area contributed by atoms with Crippen LogP contribution in [0, 0.1) is 0 Å². The van der Waals surface area contributed by atoms with Crippen LogP contribution in [0.4, 0.5) is 0 Å². The monoisotopic (exact) mass is 495 g/mol.